The van der Waals surface area contributed by atoms with Crippen LogP contribution in [0.3, 0.4) is 0 Å². The average molecular weight is 405 g/mol. The van der Waals surface area contributed by atoms with Crippen LogP contribution in [0, 0.1) is 0 Å². The number of hydrogen-bond acceptors (Lipinski definition) is 1. The Balaban J connectivity index is 2.01. The van der Waals surface area contributed by atoms with Gasteiger partial charge in [0.25, 0.3) is 0 Å². The van der Waals surface area contributed by atoms with Gasteiger partial charge in [-0.3, -0.25) is 0 Å². The Morgan fingerprint density at radius 3 is 1.96 bits per heavy atom. The molecule has 1 heterocycles. The normalized spacial score (nSPS) is 20.9. The molecule has 0 aliphatic carbocycles. The maximum atomic E-state index is 6.36. The molecule has 142 valence electrons. The predicted octanol–water partition coefficient (Wildman–Crippen LogP) is 7.41. The van der Waals surface area contributed by atoms with Crippen LogP contribution in [0.4, 0.5) is 0 Å². The minimum absolute atomic E-state index is 0.552. The summed E-state index contributed by atoms with van der Waals surface area (Å²) in [7, 11) is 0. The van der Waals surface area contributed by atoms with Crippen molar-refractivity contribution in [1.82, 2.24) is 0 Å². The molecule has 2 rings (SSSR count). The van der Waals surface area contributed by atoms with Crippen molar-refractivity contribution in [3.05, 3.63) is 35.9 Å². The predicted molar refractivity (Wildman–Crippen MR) is 113 cm³/mol. The van der Waals surface area contributed by atoms with Gasteiger partial charge in [0.05, 0.1) is 0 Å². The van der Waals surface area contributed by atoms with E-state index in [-0.39, 0.29) is 0 Å². The van der Waals surface area contributed by atoms with Crippen LogP contribution in [-0.4, -0.2) is 26.0 Å². The first-order valence-corrected chi connectivity index (χ1v) is 16.8. The van der Waals surface area contributed by atoms with E-state index in [4.69, 9.17) is 4.74 Å². The van der Waals surface area contributed by atoms with E-state index >= 15 is 0 Å². The summed E-state index contributed by atoms with van der Waals surface area (Å²) < 4.78 is 6.36. The van der Waals surface area contributed by atoms with Crippen molar-refractivity contribution < 1.29 is 4.74 Å². The van der Waals surface area contributed by atoms with Crippen LogP contribution >= 0.6 is 0 Å². The van der Waals surface area contributed by atoms with E-state index in [9.17, 15) is 0 Å². The summed E-state index contributed by atoms with van der Waals surface area (Å²) in [5.41, 5.74) is 1.48. The first-order chi connectivity index (χ1) is 12.2. The summed E-state index contributed by atoms with van der Waals surface area (Å²) in [5.74, 6) is 0.634. The Morgan fingerprint density at radius 2 is 1.44 bits per heavy atom. The van der Waals surface area contributed by atoms with Crippen LogP contribution in [0.15, 0.2) is 30.3 Å². The van der Waals surface area contributed by atoms with Crippen molar-refractivity contribution in [3.8, 4) is 0 Å². The van der Waals surface area contributed by atoms with Crippen molar-refractivity contribution >= 4 is 13.3 Å². The summed E-state index contributed by atoms with van der Waals surface area (Å²) in [6.07, 6.45) is 10.3. The van der Waals surface area contributed by atoms with E-state index in [1.165, 1.54) is 55.8 Å². The third kappa shape index (κ3) is 6.75. The maximum absolute atomic E-state index is 6.36. The standard InChI is InChI=1S/C23H40GeO/c1-4-7-15-24(16-8-5-2,17-9-6-3)19-23-18-22(20-25-23)21-13-11-10-12-14-21/h10-14,22-23H,4-9,15-20H2,1-3H3/t22-,23+/m1/s1. The molecule has 1 aromatic carbocycles. The molecule has 1 aliphatic rings. The molecule has 0 radical (unpaired) electrons. The van der Waals surface area contributed by atoms with E-state index in [0.717, 1.165) is 6.61 Å². The number of ether oxygens (including phenoxy) is 1. The third-order valence-electron chi connectivity index (χ3n) is 6.19. The van der Waals surface area contributed by atoms with Crippen LogP contribution in [0.2, 0.25) is 21.0 Å². The topological polar surface area (TPSA) is 9.23 Å². The molecule has 2 heteroatoms. The van der Waals surface area contributed by atoms with Gasteiger partial charge in [0.1, 0.15) is 0 Å². The molecule has 1 fully saturated rings. The van der Waals surface area contributed by atoms with Crippen molar-refractivity contribution in [2.45, 2.75) is 98.8 Å². The number of hydrogen-bond donors (Lipinski definition) is 0. The SMILES string of the molecule is CCC[CH2][Ge]([CH2]CCC)([CH2]CCC)[CH2][C@@H]1C[C@@H](c2ccccc2)CO1. The molecule has 0 spiro atoms. The quantitative estimate of drug-likeness (QED) is 0.329. The summed E-state index contributed by atoms with van der Waals surface area (Å²) in [4.78, 5) is 0. The molecular weight excluding hydrogens is 365 g/mol. The first kappa shape index (κ1) is 21.0. The molecule has 0 bridgehead atoms. The van der Waals surface area contributed by atoms with Crippen LogP contribution < -0.4 is 0 Å². The van der Waals surface area contributed by atoms with E-state index in [2.05, 4.69) is 51.1 Å². The van der Waals surface area contributed by atoms with Crippen LogP contribution in [0.5, 0.6) is 0 Å². The van der Waals surface area contributed by atoms with Gasteiger partial charge in [0.15, 0.2) is 0 Å². The number of rotatable bonds is 12. The average Bonchev–Trinajstić information content (AvgIpc) is 3.12. The molecule has 1 saturated heterocycles. The molecule has 0 unspecified atom stereocenters. The van der Waals surface area contributed by atoms with Gasteiger partial charge in [-0.2, -0.15) is 0 Å². The third-order valence-corrected chi connectivity index (χ3v) is 17.9. The number of benzene rings is 1. The van der Waals surface area contributed by atoms with E-state index in [1.54, 1.807) is 15.8 Å². The van der Waals surface area contributed by atoms with Crippen LogP contribution in [0.1, 0.15) is 77.2 Å². The molecule has 1 nitrogen and oxygen atoms in total. The van der Waals surface area contributed by atoms with Gasteiger partial charge in [-0.25, -0.2) is 0 Å². The molecule has 2 atom stereocenters. The second kappa shape index (κ2) is 11.4. The molecule has 1 aliphatic heterocycles. The van der Waals surface area contributed by atoms with E-state index in [0.29, 0.717) is 12.0 Å². The van der Waals surface area contributed by atoms with Crippen molar-refractivity contribution in [1.29, 1.82) is 0 Å². The monoisotopic (exact) mass is 406 g/mol. The zero-order valence-corrected chi connectivity index (χ0v) is 19.0. The van der Waals surface area contributed by atoms with Gasteiger partial charge in [-0.15, -0.1) is 0 Å². The molecule has 0 aromatic heterocycles. The van der Waals surface area contributed by atoms with Crippen LogP contribution in [0.25, 0.3) is 0 Å². The minimum atomic E-state index is -1.78. The van der Waals surface area contributed by atoms with Gasteiger partial charge in [0, 0.05) is 0 Å². The second-order valence-electron chi connectivity index (χ2n) is 8.31. The fourth-order valence-corrected chi connectivity index (χ4v) is 17.1. The van der Waals surface area contributed by atoms with Gasteiger partial charge in [-0.1, -0.05) is 0 Å². The molecule has 25 heavy (non-hydrogen) atoms. The Hall–Kier alpha value is -0.277. The Morgan fingerprint density at radius 1 is 0.880 bits per heavy atom. The Bertz CT molecular complexity index is 437. The van der Waals surface area contributed by atoms with E-state index < -0.39 is 13.3 Å². The molecular formula is C23H40GeO. The van der Waals surface area contributed by atoms with E-state index in [1.807, 2.05) is 0 Å². The fourth-order valence-electron chi connectivity index (χ4n) is 4.62. The van der Waals surface area contributed by atoms with Crippen molar-refractivity contribution in [2.75, 3.05) is 6.61 Å². The first-order valence-electron chi connectivity index (χ1n) is 10.9. The Kier molecular flexibility index (Phi) is 9.62. The molecule has 1 aromatic rings. The summed E-state index contributed by atoms with van der Waals surface area (Å²) in [6, 6.07) is 11.0. The zero-order chi connectivity index (χ0) is 18.0. The molecule has 0 N–H and O–H groups in total. The zero-order valence-electron chi connectivity index (χ0n) is 16.9. The van der Waals surface area contributed by atoms with Gasteiger partial charge in [-0.05, 0) is 0 Å². The fraction of sp³-hybridized carbons (Fsp3) is 0.739. The van der Waals surface area contributed by atoms with Gasteiger partial charge >= 0.3 is 159 Å². The van der Waals surface area contributed by atoms with Crippen LogP contribution in [-0.2, 0) is 4.74 Å². The number of unbranched alkanes of at least 4 members (excludes halogenated alkanes) is 3. The molecule has 0 saturated carbocycles. The van der Waals surface area contributed by atoms with Gasteiger partial charge in [0.2, 0.25) is 0 Å². The van der Waals surface area contributed by atoms with Gasteiger partial charge < -0.3 is 0 Å². The van der Waals surface area contributed by atoms with Crippen molar-refractivity contribution in [3.63, 3.8) is 0 Å². The van der Waals surface area contributed by atoms with Crippen molar-refractivity contribution in [2.24, 2.45) is 0 Å². The summed E-state index contributed by atoms with van der Waals surface area (Å²) in [6.45, 7) is 8.04. The Labute approximate surface area is 159 Å². The summed E-state index contributed by atoms with van der Waals surface area (Å²) in [5, 5.41) is 6.24. The second-order valence-corrected chi connectivity index (χ2v) is 18.6. The molecule has 0 amide bonds. The summed E-state index contributed by atoms with van der Waals surface area (Å²) >= 11 is -1.78.